The number of nitrogens with zero attached hydrogens (tertiary/aromatic N) is 1. The van der Waals surface area contributed by atoms with Crippen LogP contribution < -0.4 is 0 Å². The van der Waals surface area contributed by atoms with Crippen molar-refractivity contribution in [1.29, 1.82) is 0 Å². The van der Waals surface area contributed by atoms with Gasteiger partial charge in [-0.05, 0) is 51.2 Å². The van der Waals surface area contributed by atoms with E-state index in [1.165, 1.54) is 5.56 Å². The smallest absolute Gasteiger partial charge is 0.103 e. The van der Waals surface area contributed by atoms with E-state index >= 15 is 0 Å². The van der Waals surface area contributed by atoms with E-state index in [2.05, 4.69) is 4.99 Å². The van der Waals surface area contributed by atoms with Crippen molar-refractivity contribution in [3.05, 3.63) is 29.8 Å². The van der Waals surface area contributed by atoms with E-state index in [4.69, 9.17) is 0 Å². The van der Waals surface area contributed by atoms with Crippen molar-refractivity contribution in [3.8, 4) is 0 Å². The Kier molecular flexibility index (Phi) is 3.78. The number of aliphatic hydroxyl groups is 1. The molecule has 108 valence electrons. The summed E-state index contributed by atoms with van der Waals surface area (Å²) in [4.78, 5) is 5.39. The van der Waals surface area contributed by atoms with Crippen LogP contribution in [0.25, 0.3) is 0 Å². The molecule has 1 N–H and O–H groups in total. The van der Waals surface area contributed by atoms with Gasteiger partial charge in [0.2, 0.25) is 0 Å². The van der Waals surface area contributed by atoms with Gasteiger partial charge in [-0.2, -0.15) is 0 Å². The van der Waals surface area contributed by atoms with Gasteiger partial charge in [0.15, 0.2) is 0 Å². The molecule has 1 heterocycles. The van der Waals surface area contributed by atoms with E-state index < -0.39 is 16.4 Å². The zero-order chi connectivity index (χ0) is 14.2. The van der Waals surface area contributed by atoms with Crippen molar-refractivity contribution in [2.45, 2.75) is 54.8 Å². The van der Waals surface area contributed by atoms with Crippen LogP contribution in [0.15, 0.2) is 34.2 Å². The maximum atomic E-state index is 12.8. The van der Waals surface area contributed by atoms with E-state index in [0.29, 0.717) is 0 Å². The lowest BCUT2D eigenvalue weighted by molar-refractivity contribution is 0.0741. The Morgan fingerprint density at radius 1 is 1.25 bits per heavy atom. The minimum atomic E-state index is -1.11. The molecule has 1 aliphatic carbocycles. The zero-order valence-corrected chi connectivity index (χ0v) is 12.7. The lowest BCUT2D eigenvalue weighted by Crippen LogP contribution is -2.51. The normalized spacial score (nSPS) is 31.3. The van der Waals surface area contributed by atoms with E-state index in [9.17, 15) is 9.32 Å². The minimum Gasteiger partial charge on any atom is -0.384 e. The monoisotopic (exact) mass is 291 g/mol. The molecule has 3 atom stereocenters. The molecule has 0 radical (unpaired) electrons. The SMILES string of the molecule is Cc1ccc([S@@](=O)[C@H]2CCC[C@@]3(O)CCCN=C23)cc1. The third-order valence-electron chi connectivity index (χ3n) is 4.38. The maximum absolute atomic E-state index is 12.8. The van der Waals surface area contributed by atoms with Gasteiger partial charge in [-0.1, -0.05) is 17.7 Å². The van der Waals surface area contributed by atoms with Gasteiger partial charge in [-0.3, -0.25) is 9.20 Å². The van der Waals surface area contributed by atoms with Crippen LogP contribution in [0, 0.1) is 6.92 Å². The molecule has 0 bridgehead atoms. The molecule has 20 heavy (non-hydrogen) atoms. The number of benzene rings is 1. The molecule has 1 fully saturated rings. The number of hydrogen-bond donors (Lipinski definition) is 1. The van der Waals surface area contributed by atoms with Crippen LogP contribution in [0.2, 0.25) is 0 Å². The Labute approximate surface area is 122 Å². The van der Waals surface area contributed by atoms with Gasteiger partial charge in [0.05, 0.1) is 21.8 Å². The van der Waals surface area contributed by atoms with Gasteiger partial charge >= 0.3 is 0 Å². The molecular weight excluding hydrogens is 270 g/mol. The topological polar surface area (TPSA) is 49.7 Å². The summed E-state index contributed by atoms with van der Waals surface area (Å²) < 4.78 is 12.8. The first-order valence-electron chi connectivity index (χ1n) is 7.35. The Morgan fingerprint density at radius 3 is 2.70 bits per heavy atom. The molecule has 0 unspecified atom stereocenters. The zero-order valence-electron chi connectivity index (χ0n) is 11.8. The summed E-state index contributed by atoms with van der Waals surface area (Å²) in [6, 6.07) is 7.85. The van der Waals surface area contributed by atoms with Crippen molar-refractivity contribution in [3.63, 3.8) is 0 Å². The van der Waals surface area contributed by atoms with Crippen LogP contribution in [0.1, 0.15) is 37.7 Å². The molecule has 1 aromatic carbocycles. The van der Waals surface area contributed by atoms with Gasteiger partial charge < -0.3 is 5.11 Å². The minimum absolute atomic E-state index is 0.114. The van der Waals surface area contributed by atoms with Gasteiger partial charge in [-0.25, -0.2) is 0 Å². The molecule has 0 saturated heterocycles. The van der Waals surface area contributed by atoms with Crippen LogP contribution in [0.3, 0.4) is 0 Å². The van der Waals surface area contributed by atoms with E-state index in [1.807, 2.05) is 31.2 Å². The molecule has 4 heteroatoms. The quantitative estimate of drug-likeness (QED) is 0.910. The van der Waals surface area contributed by atoms with Crippen molar-refractivity contribution >= 4 is 16.5 Å². The molecule has 3 rings (SSSR count). The predicted octanol–water partition coefficient (Wildman–Crippen LogP) is 2.62. The van der Waals surface area contributed by atoms with Crippen LogP contribution in [0.5, 0.6) is 0 Å². The Balaban J connectivity index is 1.90. The summed E-state index contributed by atoms with van der Waals surface area (Å²) in [6.07, 6.45) is 4.27. The highest BCUT2D eigenvalue weighted by Gasteiger charge is 2.44. The van der Waals surface area contributed by atoms with Gasteiger partial charge in [0.1, 0.15) is 5.60 Å². The fourth-order valence-corrected chi connectivity index (χ4v) is 4.87. The summed E-state index contributed by atoms with van der Waals surface area (Å²) in [7, 11) is -1.11. The average Bonchev–Trinajstić information content (AvgIpc) is 2.46. The first-order chi connectivity index (χ1) is 9.60. The molecule has 2 aliphatic rings. The molecular formula is C16H21NO2S. The molecule has 0 aromatic heterocycles. The fraction of sp³-hybridized carbons (Fsp3) is 0.562. The van der Waals surface area contributed by atoms with Gasteiger partial charge in [-0.15, -0.1) is 0 Å². The fourth-order valence-electron chi connectivity index (χ4n) is 3.26. The third-order valence-corrected chi connectivity index (χ3v) is 6.09. The summed E-state index contributed by atoms with van der Waals surface area (Å²) in [5.74, 6) is 0. The lowest BCUT2D eigenvalue weighted by atomic mass is 9.78. The number of aryl methyl sites for hydroxylation is 1. The largest absolute Gasteiger partial charge is 0.384 e. The molecule has 3 nitrogen and oxygen atoms in total. The van der Waals surface area contributed by atoms with Crippen LogP contribution in [0.4, 0.5) is 0 Å². The van der Waals surface area contributed by atoms with Crippen molar-refractivity contribution in [2.75, 3.05) is 6.54 Å². The second kappa shape index (κ2) is 5.41. The highest BCUT2D eigenvalue weighted by Crippen LogP contribution is 2.36. The predicted molar refractivity (Wildman–Crippen MR) is 81.7 cm³/mol. The van der Waals surface area contributed by atoms with Gasteiger partial charge in [0, 0.05) is 11.4 Å². The standard InChI is InChI=1S/C16H21NO2S/c1-12-5-7-13(8-6-12)20(19)14-4-2-9-16(18)10-3-11-17-15(14)16/h5-8,14,18H,2-4,9-11H2,1H3/t14-,16+,20+/m0/s1. The molecule has 1 saturated carbocycles. The first-order valence-corrected chi connectivity index (χ1v) is 8.56. The molecule has 0 amide bonds. The summed E-state index contributed by atoms with van der Waals surface area (Å²) in [5.41, 5.74) is 1.18. The summed E-state index contributed by atoms with van der Waals surface area (Å²) in [6.45, 7) is 2.79. The third kappa shape index (κ3) is 2.47. The van der Waals surface area contributed by atoms with Gasteiger partial charge in [0.25, 0.3) is 0 Å². The molecule has 0 spiro atoms. The lowest BCUT2D eigenvalue weighted by Gasteiger charge is -2.40. The van der Waals surface area contributed by atoms with Crippen LogP contribution in [-0.2, 0) is 10.8 Å². The van der Waals surface area contributed by atoms with E-state index in [0.717, 1.165) is 49.3 Å². The van der Waals surface area contributed by atoms with Crippen molar-refractivity contribution in [2.24, 2.45) is 4.99 Å². The Hall–Kier alpha value is -1.00. The number of aliphatic imine (C=N–C) groups is 1. The molecule has 1 aromatic rings. The summed E-state index contributed by atoms with van der Waals surface area (Å²) in [5, 5.41) is 10.6. The van der Waals surface area contributed by atoms with Crippen molar-refractivity contribution in [1.82, 2.24) is 0 Å². The number of fused-ring (bicyclic) bond motifs is 1. The summed E-state index contributed by atoms with van der Waals surface area (Å²) >= 11 is 0. The Morgan fingerprint density at radius 2 is 1.95 bits per heavy atom. The highest BCUT2D eigenvalue weighted by atomic mass is 32.2. The first kappa shape index (κ1) is 14.0. The van der Waals surface area contributed by atoms with Crippen LogP contribution >= 0.6 is 0 Å². The van der Waals surface area contributed by atoms with Crippen molar-refractivity contribution < 1.29 is 9.32 Å². The number of rotatable bonds is 2. The van der Waals surface area contributed by atoms with E-state index in [1.54, 1.807) is 0 Å². The number of hydrogen-bond acceptors (Lipinski definition) is 3. The van der Waals surface area contributed by atoms with Crippen LogP contribution in [-0.4, -0.2) is 32.4 Å². The second-order valence-corrected chi connectivity index (χ2v) is 7.53. The average molecular weight is 291 g/mol. The molecule has 1 aliphatic heterocycles. The van der Waals surface area contributed by atoms with E-state index in [-0.39, 0.29) is 5.25 Å². The highest BCUT2D eigenvalue weighted by molar-refractivity contribution is 7.86. The maximum Gasteiger partial charge on any atom is 0.103 e. The Bertz CT molecular complexity index is 552. The second-order valence-electron chi connectivity index (χ2n) is 5.89.